The van der Waals surface area contributed by atoms with Gasteiger partial charge in [0, 0.05) is 20.1 Å². The first-order valence-electron chi connectivity index (χ1n) is 10.4. The summed E-state index contributed by atoms with van der Waals surface area (Å²) >= 11 is 0. The zero-order chi connectivity index (χ0) is 21.6. The van der Waals surface area contributed by atoms with Crippen molar-refractivity contribution in [1.29, 1.82) is 0 Å². The highest BCUT2D eigenvalue weighted by Crippen LogP contribution is 2.22. The molecule has 1 fully saturated rings. The Morgan fingerprint density at radius 1 is 1.00 bits per heavy atom. The average Bonchev–Trinajstić information content (AvgIpc) is 2.74. The molecule has 1 aliphatic rings. The van der Waals surface area contributed by atoms with Crippen molar-refractivity contribution in [2.75, 3.05) is 26.4 Å². The van der Waals surface area contributed by atoms with Gasteiger partial charge in [-0.05, 0) is 42.6 Å². The van der Waals surface area contributed by atoms with Crippen LogP contribution in [0.4, 0.5) is 0 Å². The maximum atomic E-state index is 12.9. The molecule has 0 radical (unpaired) electrons. The molecule has 1 saturated heterocycles. The Morgan fingerprint density at radius 3 is 2.20 bits per heavy atom. The van der Waals surface area contributed by atoms with Crippen molar-refractivity contribution in [2.24, 2.45) is 0 Å². The lowest BCUT2D eigenvalue weighted by molar-refractivity contribution is -0.124. The summed E-state index contributed by atoms with van der Waals surface area (Å²) in [6, 6.07) is 16.3. The number of amides is 1. The predicted octanol–water partition coefficient (Wildman–Crippen LogP) is 2.92. The summed E-state index contributed by atoms with van der Waals surface area (Å²) in [4.78, 5) is 15.4. The molecule has 1 amide bonds. The molecule has 0 saturated carbocycles. The lowest BCUT2D eigenvalue weighted by Gasteiger charge is -2.26. The number of nitrogens with zero attached hydrogens (tertiary/aromatic N) is 2. The molecule has 0 unspecified atom stereocenters. The van der Waals surface area contributed by atoms with E-state index in [1.165, 1.54) is 31.9 Å². The molecule has 2 aromatic rings. The molecule has 7 heteroatoms. The molecule has 2 aromatic carbocycles. The molecule has 1 aliphatic heterocycles. The number of carbonyl (C=O) groups is 1. The van der Waals surface area contributed by atoms with Crippen LogP contribution in [-0.2, 0) is 27.9 Å². The van der Waals surface area contributed by atoms with Crippen LogP contribution in [0.3, 0.4) is 0 Å². The second-order valence-corrected chi connectivity index (χ2v) is 10.0. The molecular formula is C23H31N3O3S. The number of carbonyl (C=O) groups excluding carboxylic acids is 1. The lowest BCUT2D eigenvalue weighted by atomic mass is 10.1. The number of nitrogens with one attached hydrogen (secondary N) is 1. The van der Waals surface area contributed by atoms with E-state index >= 15 is 0 Å². The quantitative estimate of drug-likeness (QED) is 0.701. The highest BCUT2D eigenvalue weighted by molar-refractivity contribution is 7.88. The third-order valence-corrected chi connectivity index (χ3v) is 6.85. The molecule has 1 atom stereocenters. The fourth-order valence-corrected chi connectivity index (χ4v) is 4.38. The van der Waals surface area contributed by atoms with Crippen molar-refractivity contribution in [2.45, 2.75) is 38.4 Å². The van der Waals surface area contributed by atoms with Gasteiger partial charge in [-0.1, -0.05) is 61.0 Å². The van der Waals surface area contributed by atoms with Gasteiger partial charge in [0.05, 0.1) is 6.26 Å². The van der Waals surface area contributed by atoms with Gasteiger partial charge in [-0.15, -0.1) is 0 Å². The first kappa shape index (κ1) is 22.5. The standard InChI is InChI=1S/C23H31N3O3S/c1-25(30(2,28)29)22(21-9-5-3-6-10-21)23(27)24-17-19-11-13-20(14-12-19)18-26-15-7-4-8-16-26/h3,5-6,9-14,22H,4,7-8,15-18H2,1-2H3,(H,24,27)/t22-/m1/s1. The number of sulfonamides is 1. The van der Waals surface area contributed by atoms with E-state index in [4.69, 9.17) is 0 Å². The van der Waals surface area contributed by atoms with Gasteiger partial charge >= 0.3 is 0 Å². The Morgan fingerprint density at radius 2 is 1.60 bits per heavy atom. The SMILES string of the molecule is CN([C@@H](C(=O)NCc1ccc(CN2CCCCC2)cc1)c1ccccc1)S(C)(=O)=O. The summed E-state index contributed by atoms with van der Waals surface area (Å²) in [5, 5.41) is 2.90. The normalized spacial score (nSPS) is 16.4. The molecule has 0 spiro atoms. The number of hydrogen-bond acceptors (Lipinski definition) is 4. The summed E-state index contributed by atoms with van der Waals surface area (Å²) in [7, 11) is -2.10. The highest BCUT2D eigenvalue weighted by Gasteiger charge is 2.30. The van der Waals surface area contributed by atoms with Crippen LogP contribution in [-0.4, -0.2) is 49.9 Å². The topological polar surface area (TPSA) is 69.7 Å². The number of likely N-dealkylation sites (N-methyl/N-ethyl adjacent to an activating group) is 1. The molecule has 1 heterocycles. The van der Waals surface area contributed by atoms with Gasteiger partial charge in [-0.2, -0.15) is 4.31 Å². The Labute approximate surface area is 179 Å². The molecule has 0 aromatic heterocycles. The third kappa shape index (κ3) is 6.14. The van der Waals surface area contributed by atoms with E-state index in [-0.39, 0.29) is 5.91 Å². The van der Waals surface area contributed by atoms with Gasteiger partial charge in [0.2, 0.25) is 15.9 Å². The lowest BCUT2D eigenvalue weighted by Crippen LogP contribution is -2.41. The van der Waals surface area contributed by atoms with E-state index in [2.05, 4.69) is 22.3 Å². The molecule has 0 bridgehead atoms. The summed E-state index contributed by atoms with van der Waals surface area (Å²) in [5.41, 5.74) is 2.89. The van der Waals surface area contributed by atoms with Gasteiger partial charge in [0.25, 0.3) is 0 Å². The predicted molar refractivity (Wildman–Crippen MR) is 119 cm³/mol. The highest BCUT2D eigenvalue weighted by atomic mass is 32.2. The number of likely N-dealkylation sites (tertiary alicyclic amines) is 1. The number of piperidine rings is 1. The molecule has 1 N–H and O–H groups in total. The zero-order valence-corrected chi connectivity index (χ0v) is 18.6. The van der Waals surface area contributed by atoms with Crippen LogP contribution in [0.1, 0.15) is 42.0 Å². The van der Waals surface area contributed by atoms with Gasteiger partial charge in [0.1, 0.15) is 6.04 Å². The minimum absolute atomic E-state index is 0.341. The summed E-state index contributed by atoms with van der Waals surface area (Å²) < 4.78 is 25.2. The third-order valence-electron chi connectivity index (χ3n) is 5.59. The van der Waals surface area contributed by atoms with Crippen molar-refractivity contribution >= 4 is 15.9 Å². The largest absolute Gasteiger partial charge is 0.350 e. The first-order chi connectivity index (χ1) is 14.3. The number of hydrogen-bond donors (Lipinski definition) is 1. The van der Waals surface area contributed by atoms with Crippen molar-refractivity contribution in [3.63, 3.8) is 0 Å². The Kier molecular flexibility index (Phi) is 7.64. The van der Waals surface area contributed by atoms with Crippen LogP contribution in [0.15, 0.2) is 54.6 Å². The molecule has 0 aliphatic carbocycles. The Hall–Kier alpha value is -2.22. The molecule has 3 rings (SSSR count). The van der Waals surface area contributed by atoms with Crippen molar-refractivity contribution in [1.82, 2.24) is 14.5 Å². The zero-order valence-electron chi connectivity index (χ0n) is 17.8. The Balaban J connectivity index is 1.63. The fraction of sp³-hybridized carbons (Fsp3) is 0.435. The monoisotopic (exact) mass is 429 g/mol. The molecule has 162 valence electrons. The van der Waals surface area contributed by atoms with Gasteiger partial charge < -0.3 is 5.32 Å². The summed E-state index contributed by atoms with van der Waals surface area (Å²) in [6.45, 7) is 3.63. The van der Waals surface area contributed by atoms with Crippen molar-refractivity contribution in [3.05, 3.63) is 71.3 Å². The van der Waals surface area contributed by atoms with Gasteiger partial charge in [0.15, 0.2) is 0 Å². The van der Waals surface area contributed by atoms with Crippen LogP contribution >= 0.6 is 0 Å². The minimum Gasteiger partial charge on any atom is -0.350 e. The van der Waals surface area contributed by atoms with Crippen LogP contribution in [0.5, 0.6) is 0 Å². The molecule has 6 nitrogen and oxygen atoms in total. The smallest absolute Gasteiger partial charge is 0.243 e. The van der Waals surface area contributed by atoms with Crippen LogP contribution in [0.25, 0.3) is 0 Å². The average molecular weight is 430 g/mol. The van der Waals surface area contributed by atoms with Crippen LogP contribution in [0, 0.1) is 0 Å². The van der Waals surface area contributed by atoms with Crippen LogP contribution in [0.2, 0.25) is 0 Å². The van der Waals surface area contributed by atoms with E-state index in [1.807, 2.05) is 18.2 Å². The maximum absolute atomic E-state index is 12.9. The number of benzene rings is 2. The fourth-order valence-electron chi connectivity index (χ4n) is 3.78. The second kappa shape index (κ2) is 10.2. The number of rotatable bonds is 8. The summed E-state index contributed by atoms with van der Waals surface area (Å²) in [6.07, 6.45) is 4.98. The molecular weight excluding hydrogens is 398 g/mol. The van der Waals surface area contributed by atoms with E-state index in [1.54, 1.807) is 24.3 Å². The second-order valence-electron chi connectivity index (χ2n) is 7.96. The maximum Gasteiger partial charge on any atom is 0.243 e. The minimum atomic E-state index is -3.53. The Bertz CT molecular complexity index is 924. The summed E-state index contributed by atoms with van der Waals surface area (Å²) in [5.74, 6) is -0.341. The van der Waals surface area contributed by atoms with E-state index in [0.29, 0.717) is 12.1 Å². The van der Waals surface area contributed by atoms with Crippen molar-refractivity contribution in [3.8, 4) is 0 Å². The van der Waals surface area contributed by atoms with E-state index in [0.717, 1.165) is 35.8 Å². The van der Waals surface area contributed by atoms with Gasteiger partial charge in [-0.3, -0.25) is 9.69 Å². The van der Waals surface area contributed by atoms with E-state index in [9.17, 15) is 13.2 Å². The van der Waals surface area contributed by atoms with Gasteiger partial charge in [-0.25, -0.2) is 8.42 Å². The first-order valence-corrected chi connectivity index (χ1v) is 12.3. The van der Waals surface area contributed by atoms with E-state index < -0.39 is 16.1 Å². The van der Waals surface area contributed by atoms with Crippen LogP contribution < -0.4 is 5.32 Å². The van der Waals surface area contributed by atoms with Crippen molar-refractivity contribution < 1.29 is 13.2 Å². The molecule has 30 heavy (non-hydrogen) atoms.